The molecule has 3 N–H and O–H groups in total. The first-order valence-electron chi connectivity index (χ1n) is 22.1. The van der Waals surface area contributed by atoms with Crippen molar-refractivity contribution in [3.63, 3.8) is 0 Å². The van der Waals surface area contributed by atoms with E-state index in [1.165, 1.54) is 83.5 Å². The minimum atomic E-state index is -4.38. The first kappa shape index (κ1) is 53.0. The topological polar surface area (TPSA) is 134 Å². The Morgan fingerprint density at radius 3 is 1.53 bits per heavy atom. The van der Waals surface area contributed by atoms with E-state index < -0.39 is 32.5 Å². The van der Waals surface area contributed by atoms with Crippen LogP contribution < -0.4 is 5.73 Å². The molecule has 1 unspecified atom stereocenters. The SMILES string of the molecule is CCCCC/C=C/C/C=C/CCCCCCCCCCCC(=O)O[C@H](COC(=O)CCCCCCC/C=C/C=C/CCCCCC)COP(=O)(O)OCCN. The molecule has 0 aliphatic carbocycles. The normalized spacial score (nSPS) is 13.7. The molecule has 0 saturated heterocycles. The first-order valence-corrected chi connectivity index (χ1v) is 23.6. The van der Waals surface area contributed by atoms with Crippen LogP contribution in [0.15, 0.2) is 48.6 Å². The van der Waals surface area contributed by atoms with Gasteiger partial charge in [0.15, 0.2) is 6.10 Å². The Bertz CT molecular complexity index is 1040. The van der Waals surface area contributed by atoms with Crippen LogP contribution >= 0.6 is 7.82 Å². The lowest BCUT2D eigenvalue weighted by Crippen LogP contribution is -2.29. The Morgan fingerprint density at radius 2 is 1.00 bits per heavy atom. The number of unbranched alkanes of at least 4 members (excludes halogenated alkanes) is 21. The van der Waals surface area contributed by atoms with E-state index in [2.05, 4.69) is 62.5 Å². The van der Waals surface area contributed by atoms with Gasteiger partial charge < -0.3 is 20.1 Å². The number of carbonyl (C=O) groups is 2. The number of nitrogens with two attached hydrogens (primary N) is 1. The predicted molar refractivity (Wildman–Crippen MR) is 229 cm³/mol. The van der Waals surface area contributed by atoms with Gasteiger partial charge in [-0.15, -0.1) is 0 Å². The first-order chi connectivity index (χ1) is 26.8. The molecule has 0 aromatic heterocycles. The van der Waals surface area contributed by atoms with Crippen LogP contribution in [0.1, 0.15) is 194 Å². The summed E-state index contributed by atoms with van der Waals surface area (Å²) < 4.78 is 32.8. The third kappa shape index (κ3) is 41.4. The summed E-state index contributed by atoms with van der Waals surface area (Å²) in [7, 11) is -4.38. The van der Waals surface area contributed by atoms with Gasteiger partial charge in [0.25, 0.3) is 0 Å². The number of hydrogen-bond donors (Lipinski definition) is 2. The molecule has 0 radical (unpaired) electrons. The van der Waals surface area contributed by atoms with Gasteiger partial charge in [-0.05, 0) is 70.6 Å². The van der Waals surface area contributed by atoms with Crippen molar-refractivity contribution in [2.24, 2.45) is 5.73 Å². The predicted octanol–water partition coefficient (Wildman–Crippen LogP) is 12.7. The third-order valence-corrected chi connectivity index (χ3v) is 10.2. The van der Waals surface area contributed by atoms with Gasteiger partial charge in [0.05, 0.1) is 13.2 Å². The Morgan fingerprint density at radius 1 is 0.564 bits per heavy atom. The van der Waals surface area contributed by atoms with Gasteiger partial charge in [0, 0.05) is 19.4 Å². The number of hydrogen-bond acceptors (Lipinski definition) is 8. The minimum Gasteiger partial charge on any atom is -0.462 e. The lowest BCUT2D eigenvalue weighted by Gasteiger charge is -2.19. The van der Waals surface area contributed by atoms with Crippen LogP contribution in [0.25, 0.3) is 0 Å². The van der Waals surface area contributed by atoms with Gasteiger partial charge >= 0.3 is 19.8 Å². The summed E-state index contributed by atoms with van der Waals surface area (Å²) in [5.41, 5.74) is 5.35. The maximum atomic E-state index is 12.6. The average molecular weight is 796 g/mol. The molecule has 0 aliphatic heterocycles. The van der Waals surface area contributed by atoms with Crippen molar-refractivity contribution in [2.75, 3.05) is 26.4 Å². The van der Waals surface area contributed by atoms with Crippen LogP contribution in [-0.2, 0) is 32.7 Å². The Hall–Kier alpha value is -2.03. The number of rotatable bonds is 41. The summed E-state index contributed by atoms with van der Waals surface area (Å²) >= 11 is 0. The molecule has 10 heteroatoms. The van der Waals surface area contributed by atoms with E-state index in [0.29, 0.717) is 12.8 Å². The molecule has 0 aromatic rings. The van der Waals surface area contributed by atoms with Gasteiger partial charge in [-0.2, -0.15) is 0 Å². The number of ether oxygens (including phenoxy) is 2. The fourth-order valence-electron chi connectivity index (χ4n) is 5.89. The Balaban J connectivity index is 4.17. The molecule has 0 aromatic carbocycles. The van der Waals surface area contributed by atoms with Gasteiger partial charge in [-0.1, -0.05) is 159 Å². The van der Waals surface area contributed by atoms with Crippen molar-refractivity contribution in [3.05, 3.63) is 48.6 Å². The average Bonchev–Trinajstić information content (AvgIpc) is 3.17. The molecule has 0 rings (SSSR count). The zero-order valence-electron chi connectivity index (χ0n) is 35.2. The fraction of sp³-hybridized carbons (Fsp3) is 0.778. The summed E-state index contributed by atoms with van der Waals surface area (Å²) in [6.07, 6.45) is 47.0. The number of phosphoric acid groups is 1. The molecule has 0 bridgehead atoms. The maximum Gasteiger partial charge on any atom is 0.472 e. The molecule has 55 heavy (non-hydrogen) atoms. The van der Waals surface area contributed by atoms with E-state index in [1.807, 2.05) is 0 Å². The van der Waals surface area contributed by atoms with E-state index in [-0.39, 0.29) is 32.6 Å². The highest BCUT2D eigenvalue weighted by atomic mass is 31.2. The Kier molecular flexibility index (Phi) is 40.1. The zero-order valence-corrected chi connectivity index (χ0v) is 36.0. The second-order valence-corrected chi connectivity index (χ2v) is 16.0. The lowest BCUT2D eigenvalue weighted by molar-refractivity contribution is -0.161. The highest BCUT2D eigenvalue weighted by Crippen LogP contribution is 2.43. The van der Waals surface area contributed by atoms with E-state index >= 15 is 0 Å². The summed E-state index contributed by atoms with van der Waals surface area (Å²) in [5, 5.41) is 0. The van der Waals surface area contributed by atoms with Crippen molar-refractivity contribution in [1.82, 2.24) is 0 Å². The number of esters is 2. The maximum absolute atomic E-state index is 12.6. The second-order valence-electron chi connectivity index (χ2n) is 14.6. The summed E-state index contributed by atoms with van der Waals surface area (Å²) in [5.74, 6) is -0.851. The smallest absolute Gasteiger partial charge is 0.462 e. The molecule has 0 fully saturated rings. The largest absolute Gasteiger partial charge is 0.472 e. The van der Waals surface area contributed by atoms with E-state index in [1.54, 1.807) is 0 Å². The standard InChI is InChI=1S/C45H82NO8P/c1-3-5-7-9-11-13-15-17-19-20-21-22-24-26-28-30-32-34-36-38-45(48)54-43(42-53-55(49,50)52-40-39-46)41-51-44(47)37-35-33-31-29-27-25-23-18-16-14-12-10-8-6-4-2/h11,13-14,16-19,23,43H,3-10,12,15,20-22,24-42,46H2,1-2H3,(H,49,50)/b13-11+,16-14+,19-17+,23-18+/t43-/m1/s1. The highest BCUT2D eigenvalue weighted by Gasteiger charge is 2.26. The van der Waals surface area contributed by atoms with Crippen molar-refractivity contribution in [2.45, 2.75) is 200 Å². The van der Waals surface area contributed by atoms with Gasteiger partial charge in [0.1, 0.15) is 6.61 Å². The highest BCUT2D eigenvalue weighted by molar-refractivity contribution is 7.47. The minimum absolute atomic E-state index is 0.0491. The second kappa shape index (κ2) is 41.6. The molecule has 9 nitrogen and oxygen atoms in total. The molecule has 320 valence electrons. The molecule has 0 saturated carbocycles. The van der Waals surface area contributed by atoms with E-state index in [4.69, 9.17) is 24.3 Å². The van der Waals surface area contributed by atoms with E-state index in [0.717, 1.165) is 70.6 Å². The van der Waals surface area contributed by atoms with E-state index in [9.17, 15) is 19.0 Å². The number of phosphoric ester groups is 1. The molecule has 0 aliphatic rings. The summed E-state index contributed by atoms with van der Waals surface area (Å²) in [6.45, 7) is 3.67. The zero-order chi connectivity index (χ0) is 40.3. The van der Waals surface area contributed by atoms with Gasteiger partial charge in [-0.3, -0.25) is 18.6 Å². The quantitative estimate of drug-likeness (QED) is 0.0204. The molecule has 2 atom stereocenters. The van der Waals surface area contributed by atoms with Crippen LogP contribution in [0.2, 0.25) is 0 Å². The molecule has 0 spiro atoms. The van der Waals surface area contributed by atoms with Crippen molar-refractivity contribution < 1.29 is 37.6 Å². The third-order valence-electron chi connectivity index (χ3n) is 9.22. The van der Waals surface area contributed by atoms with Crippen molar-refractivity contribution in [3.8, 4) is 0 Å². The molecule has 0 amide bonds. The van der Waals surface area contributed by atoms with Crippen LogP contribution in [-0.4, -0.2) is 49.3 Å². The van der Waals surface area contributed by atoms with Crippen LogP contribution in [0, 0.1) is 0 Å². The van der Waals surface area contributed by atoms with Crippen LogP contribution in [0.3, 0.4) is 0 Å². The summed E-state index contributed by atoms with van der Waals surface area (Å²) in [4.78, 5) is 34.9. The van der Waals surface area contributed by atoms with Crippen molar-refractivity contribution >= 4 is 19.8 Å². The van der Waals surface area contributed by atoms with Gasteiger partial charge in [0.2, 0.25) is 0 Å². The molecular weight excluding hydrogens is 713 g/mol. The fourth-order valence-corrected chi connectivity index (χ4v) is 6.66. The number of carbonyl (C=O) groups excluding carboxylic acids is 2. The van der Waals surface area contributed by atoms with Crippen LogP contribution in [0.4, 0.5) is 0 Å². The molecule has 0 heterocycles. The lowest BCUT2D eigenvalue weighted by atomic mass is 10.1. The Labute approximate surface area is 336 Å². The van der Waals surface area contributed by atoms with Gasteiger partial charge in [-0.25, -0.2) is 4.57 Å². The summed E-state index contributed by atoms with van der Waals surface area (Å²) in [6, 6.07) is 0. The monoisotopic (exact) mass is 796 g/mol. The number of allylic oxidation sites excluding steroid dienone is 8. The van der Waals surface area contributed by atoms with Crippen LogP contribution in [0.5, 0.6) is 0 Å². The molecular formula is C45H82NO8P. The van der Waals surface area contributed by atoms with Crippen molar-refractivity contribution in [1.29, 1.82) is 0 Å².